The molecule has 1 aromatic heterocycles. The number of anilines is 2. The number of para-hydroxylation sites is 2. The molecular weight excluding hydrogens is 370 g/mol. The molecule has 0 radical (unpaired) electrons. The predicted octanol–water partition coefficient (Wildman–Crippen LogP) is 3.04. The summed E-state index contributed by atoms with van der Waals surface area (Å²) >= 11 is 0. The molecule has 3 aromatic rings. The third-order valence-electron chi connectivity index (χ3n) is 3.65. The summed E-state index contributed by atoms with van der Waals surface area (Å²) in [5, 5.41) is 6.24. The van der Waals surface area contributed by atoms with Gasteiger partial charge in [-0.3, -0.25) is 9.52 Å². The van der Waals surface area contributed by atoms with E-state index in [9.17, 15) is 13.2 Å². The first-order valence-corrected chi connectivity index (χ1v) is 9.38. The number of hydrogen-bond acceptors (Lipinski definition) is 6. The summed E-state index contributed by atoms with van der Waals surface area (Å²) in [4.78, 5) is 12.2. The fraction of sp³-hybridized carbons (Fsp3) is 0.111. The van der Waals surface area contributed by atoms with Crippen molar-refractivity contribution in [1.29, 1.82) is 0 Å². The monoisotopic (exact) mass is 387 g/mol. The Bertz CT molecular complexity index is 1060. The Hall–Kier alpha value is -3.33. The van der Waals surface area contributed by atoms with E-state index in [1.807, 2.05) is 0 Å². The van der Waals surface area contributed by atoms with Crippen molar-refractivity contribution in [1.82, 2.24) is 5.16 Å². The molecular formula is C18H17N3O5S. The molecule has 0 atom stereocenters. The molecule has 0 spiro atoms. The number of nitrogens with one attached hydrogen (secondary N) is 2. The SMILES string of the molecule is COc1ccccc1NS(=O)(=O)c1ccc(C(=O)Nc2cc(C)on2)cc1. The number of sulfonamides is 1. The normalized spacial score (nSPS) is 11.0. The Morgan fingerprint density at radius 1 is 1.11 bits per heavy atom. The molecule has 0 saturated heterocycles. The average Bonchev–Trinajstić information content (AvgIpc) is 3.06. The van der Waals surface area contributed by atoms with Crippen LogP contribution in [0.15, 0.2) is 64.0 Å². The number of carbonyl (C=O) groups excluding carboxylic acids is 1. The Kier molecular flexibility index (Phi) is 5.13. The van der Waals surface area contributed by atoms with Crippen LogP contribution in [-0.2, 0) is 10.0 Å². The average molecular weight is 387 g/mol. The summed E-state index contributed by atoms with van der Waals surface area (Å²) in [6, 6.07) is 13.8. The minimum absolute atomic E-state index is 0.0160. The first-order valence-electron chi connectivity index (χ1n) is 7.89. The van der Waals surface area contributed by atoms with Gasteiger partial charge in [0, 0.05) is 11.6 Å². The number of aryl methyl sites for hydroxylation is 1. The van der Waals surface area contributed by atoms with E-state index in [0.29, 0.717) is 17.2 Å². The third kappa shape index (κ3) is 4.26. The Morgan fingerprint density at radius 3 is 2.44 bits per heavy atom. The van der Waals surface area contributed by atoms with Gasteiger partial charge >= 0.3 is 0 Å². The zero-order valence-corrected chi connectivity index (χ0v) is 15.4. The minimum atomic E-state index is -3.83. The van der Waals surface area contributed by atoms with E-state index >= 15 is 0 Å². The number of amides is 1. The van der Waals surface area contributed by atoms with E-state index < -0.39 is 15.9 Å². The van der Waals surface area contributed by atoms with Crippen molar-refractivity contribution in [2.75, 3.05) is 17.1 Å². The van der Waals surface area contributed by atoms with E-state index in [1.54, 1.807) is 37.3 Å². The van der Waals surface area contributed by atoms with E-state index in [2.05, 4.69) is 15.2 Å². The van der Waals surface area contributed by atoms with E-state index in [-0.39, 0.29) is 16.3 Å². The van der Waals surface area contributed by atoms with Crippen molar-refractivity contribution in [3.8, 4) is 5.75 Å². The summed E-state index contributed by atoms with van der Waals surface area (Å²) in [6.45, 7) is 1.71. The summed E-state index contributed by atoms with van der Waals surface area (Å²) in [5.74, 6) is 0.825. The number of benzene rings is 2. The second kappa shape index (κ2) is 7.50. The van der Waals surface area contributed by atoms with Gasteiger partial charge in [-0.2, -0.15) is 0 Å². The Balaban J connectivity index is 1.76. The predicted molar refractivity (Wildman–Crippen MR) is 99.4 cm³/mol. The molecule has 0 saturated carbocycles. The summed E-state index contributed by atoms with van der Waals surface area (Å²) in [7, 11) is -2.38. The van der Waals surface area contributed by atoms with Crippen molar-refractivity contribution in [3.05, 3.63) is 65.9 Å². The van der Waals surface area contributed by atoms with Crippen LogP contribution in [0.25, 0.3) is 0 Å². The molecule has 3 rings (SSSR count). The van der Waals surface area contributed by atoms with Gasteiger partial charge in [0.25, 0.3) is 15.9 Å². The lowest BCUT2D eigenvalue weighted by molar-refractivity contribution is 0.102. The van der Waals surface area contributed by atoms with Gasteiger partial charge in [-0.1, -0.05) is 17.3 Å². The first kappa shape index (κ1) is 18.5. The number of hydrogen-bond donors (Lipinski definition) is 2. The van der Waals surface area contributed by atoms with Crippen LogP contribution < -0.4 is 14.8 Å². The van der Waals surface area contributed by atoms with Crippen molar-refractivity contribution < 1.29 is 22.5 Å². The molecule has 0 aliphatic carbocycles. The van der Waals surface area contributed by atoms with Crippen LogP contribution in [-0.4, -0.2) is 26.6 Å². The van der Waals surface area contributed by atoms with Gasteiger partial charge in [0.2, 0.25) is 0 Å². The highest BCUT2D eigenvalue weighted by atomic mass is 32.2. The van der Waals surface area contributed by atoms with Crippen LogP contribution >= 0.6 is 0 Å². The van der Waals surface area contributed by atoms with E-state index in [1.165, 1.54) is 31.4 Å². The molecule has 0 fully saturated rings. The molecule has 2 N–H and O–H groups in total. The van der Waals surface area contributed by atoms with Gasteiger partial charge in [0.05, 0.1) is 17.7 Å². The maximum Gasteiger partial charge on any atom is 0.262 e. The largest absolute Gasteiger partial charge is 0.495 e. The quantitative estimate of drug-likeness (QED) is 0.673. The lowest BCUT2D eigenvalue weighted by atomic mass is 10.2. The third-order valence-corrected chi connectivity index (χ3v) is 5.03. The molecule has 0 unspecified atom stereocenters. The highest BCUT2D eigenvalue weighted by Gasteiger charge is 2.17. The van der Waals surface area contributed by atoms with Gasteiger partial charge in [-0.05, 0) is 43.3 Å². The summed E-state index contributed by atoms with van der Waals surface area (Å²) in [6.07, 6.45) is 0. The Morgan fingerprint density at radius 2 is 1.81 bits per heavy atom. The van der Waals surface area contributed by atoms with Crippen LogP contribution in [0.4, 0.5) is 11.5 Å². The minimum Gasteiger partial charge on any atom is -0.495 e. The number of ether oxygens (including phenoxy) is 1. The summed E-state index contributed by atoms with van der Waals surface area (Å²) < 4.78 is 37.6. The molecule has 0 aliphatic heterocycles. The van der Waals surface area contributed by atoms with Crippen molar-refractivity contribution in [3.63, 3.8) is 0 Å². The van der Waals surface area contributed by atoms with Crippen molar-refractivity contribution >= 4 is 27.4 Å². The van der Waals surface area contributed by atoms with Crippen LogP contribution in [0.1, 0.15) is 16.1 Å². The lowest BCUT2D eigenvalue weighted by Crippen LogP contribution is -2.15. The first-order chi connectivity index (χ1) is 12.9. The van der Waals surface area contributed by atoms with Crippen LogP contribution in [0.5, 0.6) is 5.75 Å². The van der Waals surface area contributed by atoms with Gasteiger partial charge in [0.15, 0.2) is 5.82 Å². The molecule has 140 valence electrons. The fourth-order valence-corrected chi connectivity index (χ4v) is 3.40. The molecule has 0 bridgehead atoms. The maximum absolute atomic E-state index is 12.6. The highest BCUT2D eigenvalue weighted by Crippen LogP contribution is 2.26. The van der Waals surface area contributed by atoms with Crippen LogP contribution in [0.2, 0.25) is 0 Å². The zero-order chi connectivity index (χ0) is 19.4. The number of aromatic nitrogens is 1. The maximum atomic E-state index is 12.6. The van der Waals surface area contributed by atoms with Crippen LogP contribution in [0, 0.1) is 6.92 Å². The Labute approximate surface area is 156 Å². The second-order valence-corrected chi connectivity index (χ2v) is 7.29. The second-order valence-electron chi connectivity index (χ2n) is 5.61. The van der Waals surface area contributed by atoms with Crippen molar-refractivity contribution in [2.24, 2.45) is 0 Å². The molecule has 0 aliphatic rings. The van der Waals surface area contributed by atoms with Gasteiger partial charge in [-0.15, -0.1) is 0 Å². The molecule has 1 heterocycles. The van der Waals surface area contributed by atoms with Crippen LogP contribution in [0.3, 0.4) is 0 Å². The lowest BCUT2D eigenvalue weighted by Gasteiger charge is -2.11. The van der Waals surface area contributed by atoms with E-state index in [4.69, 9.17) is 9.26 Å². The molecule has 1 amide bonds. The number of carbonyl (C=O) groups is 1. The number of rotatable bonds is 6. The smallest absolute Gasteiger partial charge is 0.262 e. The van der Waals surface area contributed by atoms with E-state index in [0.717, 1.165) is 0 Å². The van der Waals surface area contributed by atoms with Gasteiger partial charge in [0.1, 0.15) is 11.5 Å². The molecule has 2 aromatic carbocycles. The molecule has 8 nitrogen and oxygen atoms in total. The number of methoxy groups -OCH3 is 1. The standard InChI is InChI=1S/C18H17N3O5S/c1-12-11-17(20-26-12)19-18(22)13-7-9-14(10-8-13)27(23,24)21-15-5-3-4-6-16(15)25-2/h3-11,21H,1-2H3,(H,19,20,22). The molecule has 27 heavy (non-hydrogen) atoms. The zero-order valence-electron chi connectivity index (χ0n) is 14.6. The van der Waals surface area contributed by atoms with Crippen molar-refractivity contribution in [2.45, 2.75) is 11.8 Å². The van der Waals surface area contributed by atoms with Gasteiger partial charge in [-0.25, -0.2) is 8.42 Å². The highest BCUT2D eigenvalue weighted by molar-refractivity contribution is 7.92. The number of nitrogens with zero attached hydrogens (tertiary/aromatic N) is 1. The topological polar surface area (TPSA) is 111 Å². The van der Waals surface area contributed by atoms with Gasteiger partial charge < -0.3 is 14.6 Å². The molecule has 9 heteroatoms. The summed E-state index contributed by atoms with van der Waals surface area (Å²) in [5.41, 5.74) is 0.607. The fourth-order valence-electron chi connectivity index (χ4n) is 2.33.